The number of rotatable bonds is 2. The molecule has 2 aromatic rings. The van der Waals surface area contributed by atoms with E-state index in [0.29, 0.717) is 23.3 Å². The van der Waals surface area contributed by atoms with Gasteiger partial charge in [-0.15, -0.1) is 0 Å². The van der Waals surface area contributed by atoms with Crippen LogP contribution in [-0.2, 0) is 0 Å². The van der Waals surface area contributed by atoms with Gasteiger partial charge in [0.2, 0.25) is 0 Å². The van der Waals surface area contributed by atoms with Crippen LogP contribution in [-0.4, -0.2) is 11.5 Å². The van der Waals surface area contributed by atoms with Crippen molar-refractivity contribution in [1.82, 2.24) is 4.98 Å². The third kappa shape index (κ3) is 1.65. The highest BCUT2D eigenvalue weighted by Crippen LogP contribution is 2.31. The number of hydrogen-bond acceptors (Lipinski definition) is 3. The molecule has 1 aromatic heterocycles. The first-order chi connectivity index (χ1) is 7.65. The van der Waals surface area contributed by atoms with E-state index in [9.17, 15) is 4.39 Å². The quantitative estimate of drug-likeness (QED) is 0.847. The maximum Gasteiger partial charge on any atom is 0.168 e. The van der Waals surface area contributed by atoms with Crippen LogP contribution >= 0.6 is 11.6 Å². The molecule has 0 atom stereocenters. The Kier molecular flexibility index (Phi) is 2.83. The summed E-state index contributed by atoms with van der Waals surface area (Å²) in [5.74, 6) is -0.515. The zero-order valence-electron chi connectivity index (χ0n) is 8.72. The van der Waals surface area contributed by atoms with E-state index in [4.69, 9.17) is 17.3 Å². The summed E-state index contributed by atoms with van der Waals surface area (Å²) in [5.41, 5.74) is 7.21. The summed E-state index contributed by atoms with van der Waals surface area (Å²) in [6, 6.07) is 3.21. The van der Waals surface area contributed by atoms with Crippen LogP contribution in [0.2, 0.25) is 5.02 Å². The molecule has 0 unspecified atom stereocenters. The summed E-state index contributed by atoms with van der Waals surface area (Å²) in [6.45, 7) is 2.64. The molecule has 5 heteroatoms. The van der Waals surface area contributed by atoms with E-state index in [1.165, 1.54) is 12.3 Å². The van der Waals surface area contributed by atoms with Crippen molar-refractivity contribution < 1.29 is 4.39 Å². The van der Waals surface area contributed by atoms with Gasteiger partial charge in [-0.2, -0.15) is 0 Å². The highest BCUT2D eigenvalue weighted by Gasteiger charge is 2.11. The topological polar surface area (TPSA) is 50.9 Å². The molecule has 0 radical (unpaired) electrons. The Hall–Kier alpha value is -1.55. The molecule has 0 aliphatic rings. The summed E-state index contributed by atoms with van der Waals surface area (Å²) >= 11 is 5.69. The number of nitrogens with zero attached hydrogens (tertiary/aromatic N) is 1. The second kappa shape index (κ2) is 4.14. The third-order valence-electron chi connectivity index (χ3n) is 2.31. The van der Waals surface area contributed by atoms with Crippen LogP contribution in [0, 0.1) is 5.82 Å². The smallest absolute Gasteiger partial charge is 0.168 e. The first-order valence-electron chi connectivity index (χ1n) is 4.91. The van der Waals surface area contributed by atoms with Gasteiger partial charge in [-0.1, -0.05) is 11.6 Å². The fourth-order valence-corrected chi connectivity index (χ4v) is 1.75. The standard InChI is InChI=1S/C11H11ClFN3/c1-2-15-10-6-3-4-7(12)9(13)11(6)16-5-8(10)14/h3-5H,2,14H2,1H3,(H,15,16). The number of pyridine rings is 1. The van der Waals surface area contributed by atoms with Crippen molar-refractivity contribution in [2.24, 2.45) is 0 Å². The molecule has 1 aromatic carbocycles. The van der Waals surface area contributed by atoms with Crippen LogP contribution in [0.3, 0.4) is 0 Å². The molecular formula is C11H11ClFN3. The van der Waals surface area contributed by atoms with Crippen LogP contribution < -0.4 is 11.1 Å². The van der Waals surface area contributed by atoms with Crippen molar-refractivity contribution in [2.45, 2.75) is 6.92 Å². The number of nitrogens with two attached hydrogens (primary N) is 1. The fourth-order valence-electron chi connectivity index (χ4n) is 1.60. The van der Waals surface area contributed by atoms with Crippen molar-refractivity contribution >= 4 is 33.9 Å². The molecule has 0 saturated carbocycles. The lowest BCUT2D eigenvalue weighted by Gasteiger charge is -2.11. The van der Waals surface area contributed by atoms with E-state index in [-0.39, 0.29) is 10.5 Å². The minimum absolute atomic E-state index is 0.0622. The van der Waals surface area contributed by atoms with Crippen molar-refractivity contribution in [1.29, 1.82) is 0 Å². The summed E-state index contributed by atoms with van der Waals surface area (Å²) < 4.78 is 13.7. The lowest BCUT2D eigenvalue weighted by atomic mass is 10.1. The van der Waals surface area contributed by atoms with Gasteiger partial charge >= 0.3 is 0 Å². The SMILES string of the molecule is CCNc1c(N)cnc2c(F)c(Cl)ccc12. The molecule has 0 fully saturated rings. The summed E-state index contributed by atoms with van der Waals surface area (Å²) in [4.78, 5) is 3.96. The van der Waals surface area contributed by atoms with Gasteiger partial charge in [-0.25, -0.2) is 4.39 Å². The molecule has 1 heterocycles. The first-order valence-corrected chi connectivity index (χ1v) is 5.29. The van der Waals surface area contributed by atoms with Gasteiger partial charge in [-0.05, 0) is 19.1 Å². The molecule has 3 N–H and O–H groups in total. The molecule has 2 rings (SSSR count). The lowest BCUT2D eigenvalue weighted by Crippen LogP contribution is -2.03. The molecule has 3 nitrogen and oxygen atoms in total. The van der Waals surface area contributed by atoms with Gasteiger partial charge in [0.25, 0.3) is 0 Å². The van der Waals surface area contributed by atoms with Gasteiger partial charge in [-0.3, -0.25) is 4.98 Å². The average molecular weight is 240 g/mol. The molecule has 0 spiro atoms. The number of nitrogens with one attached hydrogen (secondary N) is 1. The number of anilines is 2. The Morgan fingerprint density at radius 2 is 2.25 bits per heavy atom. The van der Waals surface area contributed by atoms with Crippen molar-refractivity contribution in [3.63, 3.8) is 0 Å². The highest BCUT2D eigenvalue weighted by molar-refractivity contribution is 6.31. The Morgan fingerprint density at radius 3 is 2.94 bits per heavy atom. The Morgan fingerprint density at radius 1 is 1.50 bits per heavy atom. The normalized spacial score (nSPS) is 10.7. The minimum atomic E-state index is -0.515. The van der Waals surface area contributed by atoms with Crippen molar-refractivity contribution in [3.05, 3.63) is 29.2 Å². The monoisotopic (exact) mass is 239 g/mol. The van der Waals surface area contributed by atoms with E-state index in [1.807, 2.05) is 6.92 Å². The number of nitrogen functional groups attached to an aromatic ring is 1. The number of hydrogen-bond donors (Lipinski definition) is 2. The van der Waals surface area contributed by atoms with Gasteiger partial charge in [0.05, 0.1) is 22.6 Å². The zero-order chi connectivity index (χ0) is 11.7. The van der Waals surface area contributed by atoms with E-state index in [1.54, 1.807) is 6.07 Å². The van der Waals surface area contributed by atoms with Crippen LogP contribution in [0.5, 0.6) is 0 Å². The number of fused-ring (bicyclic) bond motifs is 1. The Bertz CT molecular complexity index is 542. The minimum Gasteiger partial charge on any atom is -0.396 e. The van der Waals surface area contributed by atoms with Crippen LogP contribution in [0.25, 0.3) is 10.9 Å². The summed E-state index contributed by atoms with van der Waals surface area (Å²) in [5, 5.41) is 3.80. The van der Waals surface area contributed by atoms with Crippen LogP contribution in [0.15, 0.2) is 18.3 Å². The molecule has 16 heavy (non-hydrogen) atoms. The van der Waals surface area contributed by atoms with E-state index in [0.717, 1.165) is 0 Å². The molecule has 84 valence electrons. The maximum absolute atomic E-state index is 13.7. The molecule has 0 amide bonds. The molecule has 0 saturated heterocycles. The zero-order valence-corrected chi connectivity index (χ0v) is 9.48. The predicted octanol–water partition coefficient (Wildman–Crippen LogP) is 3.04. The number of aromatic nitrogens is 1. The highest BCUT2D eigenvalue weighted by atomic mass is 35.5. The Labute approximate surface area is 97.4 Å². The molecule has 0 aliphatic heterocycles. The first kappa shape index (κ1) is 11.0. The molecule has 0 aliphatic carbocycles. The molecular weight excluding hydrogens is 229 g/mol. The fraction of sp³-hybridized carbons (Fsp3) is 0.182. The second-order valence-electron chi connectivity index (χ2n) is 3.38. The van der Waals surface area contributed by atoms with Crippen molar-refractivity contribution in [2.75, 3.05) is 17.6 Å². The van der Waals surface area contributed by atoms with Gasteiger partial charge < -0.3 is 11.1 Å². The number of halogens is 2. The number of benzene rings is 1. The van der Waals surface area contributed by atoms with Crippen molar-refractivity contribution in [3.8, 4) is 0 Å². The van der Waals surface area contributed by atoms with E-state index < -0.39 is 5.82 Å². The van der Waals surface area contributed by atoms with Crippen LogP contribution in [0.4, 0.5) is 15.8 Å². The van der Waals surface area contributed by atoms with Gasteiger partial charge in [0.15, 0.2) is 5.82 Å². The molecule has 0 bridgehead atoms. The summed E-state index contributed by atoms with van der Waals surface area (Å²) in [7, 11) is 0. The van der Waals surface area contributed by atoms with Gasteiger partial charge in [0, 0.05) is 11.9 Å². The Balaban J connectivity index is 2.78. The largest absolute Gasteiger partial charge is 0.396 e. The maximum atomic E-state index is 13.7. The van der Waals surface area contributed by atoms with E-state index in [2.05, 4.69) is 10.3 Å². The predicted molar refractivity (Wildman–Crippen MR) is 65.3 cm³/mol. The van der Waals surface area contributed by atoms with Crippen LogP contribution in [0.1, 0.15) is 6.92 Å². The van der Waals surface area contributed by atoms with Gasteiger partial charge in [0.1, 0.15) is 5.52 Å². The second-order valence-corrected chi connectivity index (χ2v) is 3.78. The average Bonchev–Trinajstić information content (AvgIpc) is 2.27. The van der Waals surface area contributed by atoms with E-state index >= 15 is 0 Å². The third-order valence-corrected chi connectivity index (χ3v) is 2.61. The lowest BCUT2D eigenvalue weighted by molar-refractivity contribution is 0.637. The summed E-state index contributed by atoms with van der Waals surface area (Å²) in [6.07, 6.45) is 1.43.